The minimum atomic E-state index is -4.11. The summed E-state index contributed by atoms with van der Waals surface area (Å²) in [5.41, 5.74) is 1.82. The first-order valence-electron chi connectivity index (χ1n) is 4.46. The van der Waals surface area contributed by atoms with Gasteiger partial charge in [-0.05, 0) is 30.2 Å². The molecule has 1 aromatic carbocycles. The zero-order chi connectivity index (χ0) is 10.2. The Bertz CT molecular complexity index is 399. The van der Waals surface area contributed by atoms with Gasteiger partial charge in [0.1, 0.15) is 0 Å². The van der Waals surface area contributed by atoms with Gasteiger partial charge in [0.15, 0.2) is 0 Å². The third-order valence-electron chi connectivity index (χ3n) is 2.43. The van der Waals surface area contributed by atoms with E-state index in [0.717, 1.165) is 17.7 Å². The Morgan fingerprint density at radius 1 is 1.36 bits per heavy atom. The molecule has 4 nitrogen and oxygen atoms in total. The molecule has 0 fully saturated rings. The van der Waals surface area contributed by atoms with Crippen molar-refractivity contribution in [1.82, 2.24) is 5.32 Å². The van der Waals surface area contributed by atoms with Crippen molar-refractivity contribution in [1.29, 1.82) is 0 Å². The van der Waals surface area contributed by atoms with E-state index in [0.29, 0.717) is 13.0 Å². The summed E-state index contributed by atoms with van der Waals surface area (Å²) in [4.78, 5) is 18.3. The molecule has 1 aliphatic heterocycles. The van der Waals surface area contributed by atoms with E-state index >= 15 is 0 Å². The Kier molecular flexibility index (Phi) is 2.45. The summed E-state index contributed by atoms with van der Waals surface area (Å²) in [5.74, 6) is 0. The van der Waals surface area contributed by atoms with E-state index in [9.17, 15) is 4.57 Å². The van der Waals surface area contributed by atoms with Crippen molar-refractivity contribution in [2.24, 2.45) is 0 Å². The average molecular weight is 213 g/mol. The molecule has 3 N–H and O–H groups in total. The van der Waals surface area contributed by atoms with Crippen LogP contribution in [0.4, 0.5) is 0 Å². The Hall–Kier alpha value is -0.670. The first-order valence-corrected chi connectivity index (χ1v) is 6.08. The molecule has 5 heteroatoms. The smallest absolute Gasteiger partial charge is 0.321 e. The van der Waals surface area contributed by atoms with E-state index in [1.165, 1.54) is 6.07 Å². The fourth-order valence-electron chi connectivity index (χ4n) is 1.78. The molecule has 0 aliphatic carbocycles. The van der Waals surface area contributed by atoms with Crippen LogP contribution in [-0.2, 0) is 17.5 Å². The van der Waals surface area contributed by atoms with Crippen LogP contribution in [0.1, 0.15) is 11.1 Å². The molecule has 0 bridgehead atoms. The second-order valence-electron chi connectivity index (χ2n) is 3.39. The van der Waals surface area contributed by atoms with Gasteiger partial charge in [0.05, 0.1) is 5.30 Å². The summed E-state index contributed by atoms with van der Waals surface area (Å²) < 4.78 is 11.2. The molecular weight excluding hydrogens is 201 g/mol. The molecule has 0 radical (unpaired) electrons. The van der Waals surface area contributed by atoms with Crippen LogP contribution in [0.2, 0.25) is 0 Å². The molecule has 14 heavy (non-hydrogen) atoms. The highest BCUT2D eigenvalue weighted by Gasteiger charge is 2.24. The SMILES string of the molecule is O=P(O)(O)c1cccc2c1CCNC2. The summed E-state index contributed by atoms with van der Waals surface area (Å²) >= 11 is 0. The van der Waals surface area contributed by atoms with Crippen molar-refractivity contribution < 1.29 is 14.4 Å². The quantitative estimate of drug-likeness (QED) is 0.580. The Morgan fingerprint density at radius 3 is 2.86 bits per heavy atom. The first kappa shape index (κ1) is 9.87. The molecule has 1 heterocycles. The molecular formula is C9H12NO3P. The van der Waals surface area contributed by atoms with Crippen molar-refractivity contribution in [3.8, 4) is 0 Å². The molecule has 76 valence electrons. The Labute approximate surface area is 82.1 Å². The minimum absolute atomic E-state index is 0.191. The monoisotopic (exact) mass is 213 g/mol. The van der Waals surface area contributed by atoms with E-state index in [1.54, 1.807) is 6.07 Å². The van der Waals surface area contributed by atoms with Gasteiger partial charge >= 0.3 is 7.60 Å². The zero-order valence-corrected chi connectivity index (χ0v) is 8.50. The van der Waals surface area contributed by atoms with Gasteiger partial charge in [-0.25, -0.2) is 0 Å². The van der Waals surface area contributed by atoms with Crippen molar-refractivity contribution in [3.63, 3.8) is 0 Å². The van der Waals surface area contributed by atoms with Crippen LogP contribution in [0.15, 0.2) is 18.2 Å². The van der Waals surface area contributed by atoms with E-state index in [1.807, 2.05) is 6.07 Å². The molecule has 0 saturated carbocycles. The lowest BCUT2D eigenvalue weighted by atomic mass is 10.0. The van der Waals surface area contributed by atoms with Crippen LogP contribution in [-0.4, -0.2) is 16.3 Å². The average Bonchev–Trinajstić information content (AvgIpc) is 2.15. The largest absolute Gasteiger partial charge is 0.356 e. The molecule has 0 saturated heterocycles. The van der Waals surface area contributed by atoms with E-state index in [2.05, 4.69) is 5.32 Å². The van der Waals surface area contributed by atoms with Crippen molar-refractivity contribution in [2.45, 2.75) is 13.0 Å². The highest BCUT2D eigenvalue weighted by atomic mass is 31.2. The maximum atomic E-state index is 11.2. The zero-order valence-electron chi connectivity index (χ0n) is 7.60. The standard InChI is InChI=1S/C9H12NO3P/c11-14(12,13)9-3-1-2-7-6-10-5-4-8(7)9/h1-3,10H,4-6H2,(H2,11,12,13). The summed E-state index contributed by atoms with van der Waals surface area (Å²) in [6, 6.07) is 5.12. The minimum Gasteiger partial charge on any atom is -0.321 e. The van der Waals surface area contributed by atoms with E-state index < -0.39 is 7.60 Å². The molecule has 0 amide bonds. The lowest BCUT2D eigenvalue weighted by molar-refractivity contribution is 0.387. The predicted octanol–water partition coefficient (Wildman–Crippen LogP) is 0.135. The summed E-state index contributed by atoms with van der Waals surface area (Å²) in [7, 11) is -4.11. The maximum Gasteiger partial charge on any atom is 0.356 e. The Balaban J connectivity index is 2.56. The van der Waals surface area contributed by atoms with Gasteiger partial charge in [0, 0.05) is 6.54 Å². The van der Waals surface area contributed by atoms with Crippen LogP contribution < -0.4 is 10.6 Å². The van der Waals surface area contributed by atoms with Crippen LogP contribution in [0, 0.1) is 0 Å². The van der Waals surface area contributed by atoms with Crippen molar-refractivity contribution in [2.75, 3.05) is 6.54 Å². The lowest BCUT2D eigenvalue weighted by Crippen LogP contribution is -2.28. The third kappa shape index (κ3) is 1.74. The molecule has 0 atom stereocenters. The summed E-state index contributed by atoms with van der Waals surface area (Å²) in [6.07, 6.45) is 0.691. The molecule has 1 aromatic rings. The van der Waals surface area contributed by atoms with E-state index in [-0.39, 0.29) is 5.30 Å². The summed E-state index contributed by atoms with van der Waals surface area (Å²) in [5, 5.41) is 3.36. The highest BCUT2D eigenvalue weighted by molar-refractivity contribution is 7.60. The second-order valence-corrected chi connectivity index (χ2v) is 4.96. The number of benzene rings is 1. The molecule has 0 unspecified atom stereocenters. The fraction of sp³-hybridized carbons (Fsp3) is 0.333. The van der Waals surface area contributed by atoms with Gasteiger partial charge in [-0.15, -0.1) is 0 Å². The molecule has 0 aromatic heterocycles. The highest BCUT2D eigenvalue weighted by Crippen LogP contribution is 2.35. The van der Waals surface area contributed by atoms with Crippen LogP contribution in [0.3, 0.4) is 0 Å². The maximum absolute atomic E-state index is 11.2. The van der Waals surface area contributed by atoms with Gasteiger partial charge < -0.3 is 15.1 Å². The Morgan fingerprint density at radius 2 is 2.14 bits per heavy atom. The van der Waals surface area contributed by atoms with Crippen LogP contribution in [0.25, 0.3) is 0 Å². The number of hydrogen-bond donors (Lipinski definition) is 3. The molecule has 1 aliphatic rings. The fourth-order valence-corrected chi connectivity index (χ4v) is 2.67. The second kappa shape index (κ2) is 3.48. The van der Waals surface area contributed by atoms with Gasteiger partial charge in [-0.1, -0.05) is 12.1 Å². The van der Waals surface area contributed by atoms with Gasteiger partial charge in [0.25, 0.3) is 0 Å². The van der Waals surface area contributed by atoms with Gasteiger partial charge in [-0.3, -0.25) is 4.57 Å². The van der Waals surface area contributed by atoms with E-state index in [4.69, 9.17) is 9.79 Å². The normalized spacial score (nSPS) is 16.4. The number of rotatable bonds is 1. The van der Waals surface area contributed by atoms with Crippen LogP contribution >= 0.6 is 7.60 Å². The number of hydrogen-bond acceptors (Lipinski definition) is 2. The summed E-state index contributed by atoms with van der Waals surface area (Å²) in [6.45, 7) is 1.48. The predicted molar refractivity (Wildman–Crippen MR) is 53.5 cm³/mol. The molecule has 0 spiro atoms. The third-order valence-corrected chi connectivity index (χ3v) is 3.48. The number of nitrogens with one attached hydrogen (secondary N) is 1. The first-order chi connectivity index (χ1) is 6.59. The van der Waals surface area contributed by atoms with Gasteiger partial charge in [-0.2, -0.15) is 0 Å². The van der Waals surface area contributed by atoms with Crippen molar-refractivity contribution >= 4 is 12.9 Å². The number of fused-ring (bicyclic) bond motifs is 1. The molecule has 2 rings (SSSR count). The lowest BCUT2D eigenvalue weighted by Gasteiger charge is -2.20. The van der Waals surface area contributed by atoms with Crippen LogP contribution in [0.5, 0.6) is 0 Å². The van der Waals surface area contributed by atoms with Crippen molar-refractivity contribution in [3.05, 3.63) is 29.3 Å². The topological polar surface area (TPSA) is 69.6 Å². The van der Waals surface area contributed by atoms with Gasteiger partial charge in [0.2, 0.25) is 0 Å².